The predicted molar refractivity (Wildman–Crippen MR) is 84.2 cm³/mol. The van der Waals surface area contributed by atoms with Crippen molar-refractivity contribution in [3.63, 3.8) is 0 Å². The average Bonchev–Trinajstić information content (AvgIpc) is 2.84. The van der Waals surface area contributed by atoms with Gasteiger partial charge in [0.2, 0.25) is 10.0 Å². The molecule has 0 aliphatic heterocycles. The Morgan fingerprint density at radius 1 is 1.29 bits per heavy atom. The van der Waals surface area contributed by atoms with Crippen molar-refractivity contribution < 1.29 is 13.2 Å². The smallest absolute Gasteiger partial charge is 0.243 e. The van der Waals surface area contributed by atoms with Gasteiger partial charge in [0.05, 0.1) is 4.90 Å². The van der Waals surface area contributed by atoms with Crippen molar-refractivity contribution in [2.75, 3.05) is 7.05 Å². The summed E-state index contributed by atoms with van der Waals surface area (Å²) >= 11 is 1.54. The highest BCUT2D eigenvalue weighted by molar-refractivity contribution is 7.89. The largest absolute Gasteiger partial charge is 0.295 e. The van der Waals surface area contributed by atoms with E-state index in [9.17, 15) is 13.2 Å². The Labute approximate surface area is 129 Å². The molecule has 0 aliphatic rings. The van der Waals surface area contributed by atoms with Crippen molar-refractivity contribution in [3.05, 3.63) is 51.7 Å². The minimum absolute atomic E-state index is 0.145. The number of ketones is 1. The number of Topliss-reactive ketones (excluding diaryl/α,β-unsaturated/α-hetero) is 1. The first-order valence-electron chi connectivity index (χ1n) is 6.42. The van der Waals surface area contributed by atoms with Gasteiger partial charge in [-0.15, -0.1) is 11.3 Å². The molecule has 2 rings (SSSR count). The van der Waals surface area contributed by atoms with Gasteiger partial charge in [0, 0.05) is 24.0 Å². The molecule has 0 saturated heterocycles. The van der Waals surface area contributed by atoms with Crippen LogP contribution in [0.15, 0.2) is 40.6 Å². The van der Waals surface area contributed by atoms with Gasteiger partial charge in [0.1, 0.15) is 0 Å². The molecule has 21 heavy (non-hydrogen) atoms. The Bertz CT molecular complexity index is 763. The molecule has 0 saturated carbocycles. The molecule has 2 aromatic rings. The normalized spacial score (nSPS) is 11.8. The molecule has 4 nitrogen and oxygen atoms in total. The number of benzene rings is 1. The Morgan fingerprint density at radius 2 is 2.00 bits per heavy atom. The molecule has 6 heteroatoms. The lowest BCUT2D eigenvalue weighted by Gasteiger charge is -2.17. The maximum atomic E-state index is 12.6. The molecule has 0 radical (unpaired) electrons. The molecule has 0 aliphatic carbocycles. The standard InChI is InChI=1S/C15H17NO3S2/c1-11-7-8-20-15(11)10-16(3)21(18,19)14-6-4-5-13(9-14)12(2)17/h4-9H,10H2,1-3H3. The van der Waals surface area contributed by atoms with Gasteiger partial charge in [0.15, 0.2) is 5.78 Å². The van der Waals surface area contributed by atoms with E-state index < -0.39 is 10.0 Å². The summed E-state index contributed by atoms with van der Waals surface area (Å²) in [5, 5.41) is 1.95. The van der Waals surface area contributed by atoms with E-state index in [0.717, 1.165) is 10.4 Å². The molecule has 0 unspecified atom stereocenters. The van der Waals surface area contributed by atoms with E-state index in [2.05, 4.69) is 0 Å². The van der Waals surface area contributed by atoms with Crippen LogP contribution >= 0.6 is 11.3 Å². The number of hydrogen-bond acceptors (Lipinski definition) is 4. The van der Waals surface area contributed by atoms with Gasteiger partial charge in [-0.1, -0.05) is 12.1 Å². The van der Waals surface area contributed by atoms with E-state index >= 15 is 0 Å². The summed E-state index contributed by atoms with van der Waals surface area (Å²) in [4.78, 5) is 12.6. The SMILES string of the molecule is CC(=O)c1cccc(S(=O)(=O)N(C)Cc2sccc2C)c1. The van der Waals surface area contributed by atoms with Gasteiger partial charge < -0.3 is 0 Å². The second kappa shape index (κ2) is 6.09. The molecule has 1 aromatic carbocycles. The first-order chi connectivity index (χ1) is 9.82. The third kappa shape index (κ3) is 3.40. The van der Waals surface area contributed by atoms with Crippen LogP contribution < -0.4 is 0 Å². The zero-order chi connectivity index (χ0) is 15.6. The highest BCUT2D eigenvalue weighted by atomic mass is 32.2. The van der Waals surface area contributed by atoms with Crippen LogP contribution in [0.25, 0.3) is 0 Å². The van der Waals surface area contributed by atoms with Crippen molar-refractivity contribution in [1.29, 1.82) is 0 Å². The van der Waals surface area contributed by atoms with Crippen molar-refractivity contribution in [2.45, 2.75) is 25.3 Å². The number of nitrogens with zero attached hydrogens (tertiary/aromatic N) is 1. The minimum Gasteiger partial charge on any atom is -0.295 e. The second-order valence-electron chi connectivity index (χ2n) is 4.87. The van der Waals surface area contributed by atoms with Gasteiger partial charge in [-0.3, -0.25) is 4.79 Å². The van der Waals surface area contributed by atoms with E-state index in [1.165, 1.54) is 34.7 Å². The molecule has 1 aromatic heterocycles. The first kappa shape index (κ1) is 15.9. The summed E-state index contributed by atoms with van der Waals surface area (Å²) in [5.74, 6) is -0.149. The number of thiophene rings is 1. The number of hydrogen-bond donors (Lipinski definition) is 0. The van der Waals surface area contributed by atoms with Crippen LogP contribution in [0, 0.1) is 6.92 Å². The Kier molecular flexibility index (Phi) is 4.61. The summed E-state index contributed by atoms with van der Waals surface area (Å²) in [5.41, 5.74) is 1.48. The van der Waals surface area contributed by atoms with E-state index in [-0.39, 0.29) is 10.7 Å². The molecule has 0 N–H and O–H groups in total. The third-order valence-electron chi connectivity index (χ3n) is 3.28. The van der Waals surface area contributed by atoms with Gasteiger partial charge >= 0.3 is 0 Å². The molecular formula is C15H17NO3S2. The lowest BCUT2D eigenvalue weighted by atomic mass is 10.2. The van der Waals surface area contributed by atoms with Crippen LogP contribution in [-0.4, -0.2) is 25.6 Å². The van der Waals surface area contributed by atoms with Crippen LogP contribution in [0.3, 0.4) is 0 Å². The Hall–Kier alpha value is -1.50. The average molecular weight is 323 g/mol. The van der Waals surface area contributed by atoms with Crippen molar-refractivity contribution in [3.8, 4) is 0 Å². The highest BCUT2D eigenvalue weighted by Crippen LogP contribution is 2.22. The summed E-state index contributed by atoms with van der Waals surface area (Å²) in [6.45, 7) is 3.71. The van der Waals surface area contributed by atoms with Crippen molar-refractivity contribution in [2.24, 2.45) is 0 Å². The Morgan fingerprint density at radius 3 is 2.57 bits per heavy atom. The fourth-order valence-corrected chi connectivity index (χ4v) is 4.13. The van der Waals surface area contributed by atoms with Crippen molar-refractivity contribution >= 4 is 27.1 Å². The summed E-state index contributed by atoms with van der Waals surface area (Å²) in [7, 11) is -2.05. The minimum atomic E-state index is -3.60. The van der Waals surface area contributed by atoms with E-state index in [4.69, 9.17) is 0 Å². The van der Waals surface area contributed by atoms with Gasteiger partial charge in [0.25, 0.3) is 0 Å². The van der Waals surface area contributed by atoms with Crippen LogP contribution in [-0.2, 0) is 16.6 Å². The van der Waals surface area contributed by atoms with Gasteiger partial charge in [-0.25, -0.2) is 8.42 Å². The number of aryl methyl sites for hydroxylation is 1. The summed E-state index contributed by atoms with van der Waals surface area (Å²) < 4.78 is 26.4. The molecule has 112 valence electrons. The van der Waals surface area contributed by atoms with Gasteiger partial charge in [-0.2, -0.15) is 4.31 Å². The maximum Gasteiger partial charge on any atom is 0.243 e. The quantitative estimate of drug-likeness (QED) is 0.795. The molecular weight excluding hydrogens is 306 g/mol. The topological polar surface area (TPSA) is 54.5 Å². The fraction of sp³-hybridized carbons (Fsp3) is 0.267. The van der Waals surface area contributed by atoms with E-state index in [1.54, 1.807) is 19.2 Å². The Balaban J connectivity index is 2.31. The van der Waals surface area contributed by atoms with Crippen LogP contribution in [0.4, 0.5) is 0 Å². The maximum absolute atomic E-state index is 12.6. The molecule has 0 amide bonds. The van der Waals surface area contributed by atoms with Gasteiger partial charge in [-0.05, 0) is 43.0 Å². The number of sulfonamides is 1. The summed E-state index contributed by atoms with van der Waals surface area (Å²) in [6, 6.07) is 8.12. The zero-order valence-electron chi connectivity index (χ0n) is 12.2. The van der Waals surface area contributed by atoms with Crippen LogP contribution in [0.1, 0.15) is 27.7 Å². The number of carbonyl (C=O) groups excluding carboxylic acids is 1. The summed E-state index contributed by atoms with van der Waals surface area (Å²) in [6.07, 6.45) is 0. The molecule has 0 fully saturated rings. The molecule has 1 heterocycles. The fourth-order valence-electron chi connectivity index (χ4n) is 1.91. The van der Waals surface area contributed by atoms with E-state index in [1.807, 2.05) is 18.4 Å². The number of rotatable bonds is 5. The molecule has 0 spiro atoms. The van der Waals surface area contributed by atoms with Crippen LogP contribution in [0.2, 0.25) is 0 Å². The lowest BCUT2D eigenvalue weighted by Crippen LogP contribution is -2.26. The highest BCUT2D eigenvalue weighted by Gasteiger charge is 2.22. The lowest BCUT2D eigenvalue weighted by molar-refractivity contribution is 0.101. The van der Waals surface area contributed by atoms with Crippen molar-refractivity contribution in [1.82, 2.24) is 4.31 Å². The second-order valence-corrected chi connectivity index (χ2v) is 7.92. The van der Waals surface area contributed by atoms with Crippen LogP contribution in [0.5, 0.6) is 0 Å². The first-order valence-corrected chi connectivity index (χ1v) is 8.74. The molecule has 0 atom stereocenters. The number of carbonyl (C=O) groups is 1. The van der Waals surface area contributed by atoms with E-state index in [0.29, 0.717) is 12.1 Å². The zero-order valence-corrected chi connectivity index (χ0v) is 13.8. The monoisotopic (exact) mass is 323 g/mol. The predicted octanol–water partition coefficient (Wildman–Crippen LogP) is 3.08. The third-order valence-corrected chi connectivity index (χ3v) is 6.09. The molecule has 0 bridgehead atoms.